The predicted molar refractivity (Wildman–Crippen MR) is 269 cm³/mol. The maximum Gasteiger partial charge on any atom is 0.333 e. The molecule has 0 radical (unpaired) electrons. The quantitative estimate of drug-likeness (QED) is 0.155. The van der Waals surface area contributed by atoms with Gasteiger partial charge in [0, 0.05) is 66.6 Å². The number of para-hydroxylation sites is 1. The molecule has 312 valence electrons. The molecule has 0 aliphatic carbocycles. The summed E-state index contributed by atoms with van der Waals surface area (Å²) in [6.07, 6.45) is 0. The van der Waals surface area contributed by atoms with Gasteiger partial charge in [-0.1, -0.05) is 144 Å². The van der Waals surface area contributed by atoms with Crippen LogP contribution in [0.5, 0.6) is 0 Å². The SMILES string of the molecule is CC(C)(C)c1ccc(N2B3c4cc(C(C)(C)C)ccc4-n4c5ccc(C(C)(C)C)cc5c5c6c(oc7ccccc76)c(c3c54)-c3cc4c(cc32)oc2cc(C(C)(C)C)ccc24)cc1. The fourth-order valence-electron chi connectivity index (χ4n) is 10.9. The van der Waals surface area contributed by atoms with Crippen molar-refractivity contribution in [2.75, 3.05) is 4.81 Å². The Morgan fingerprint density at radius 2 is 1.08 bits per heavy atom. The van der Waals surface area contributed by atoms with E-state index in [0.717, 1.165) is 55.4 Å². The normalized spacial score (nSPS) is 14.3. The number of benzene rings is 7. The van der Waals surface area contributed by atoms with Crippen LogP contribution in [0.1, 0.15) is 105 Å². The van der Waals surface area contributed by atoms with Crippen molar-refractivity contribution in [1.29, 1.82) is 0 Å². The van der Waals surface area contributed by atoms with E-state index in [1.807, 2.05) is 0 Å². The summed E-state index contributed by atoms with van der Waals surface area (Å²) in [5, 5.41) is 7.10. The van der Waals surface area contributed by atoms with Crippen LogP contribution in [0.2, 0.25) is 0 Å². The predicted octanol–water partition coefficient (Wildman–Crippen LogP) is 15.0. The minimum Gasteiger partial charge on any atom is -0.456 e. The van der Waals surface area contributed by atoms with Crippen molar-refractivity contribution in [2.24, 2.45) is 0 Å². The Labute approximate surface area is 370 Å². The van der Waals surface area contributed by atoms with Gasteiger partial charge in [-0.25, -0.2) is 0 Å². The molecule has 4 nitrogen and oxygen atoms in total. The molecule has 7 aromatic carbocycles. The van der Waals surface area contributed by atoms with Gasteiger partial charge in [-0.3, -0.25) is 0 Å². The molecule has 0 N–H and O–H groups in total. The smallest absolute Gasteiger partial charge is 0.333 e. The van der Waals surface area contributed by atoms with Crippen molar-refractivity contribution >= 4 is 94.8 Å². The molecule has 0 saturated heterocycles. The van der Waals surface area contributed by atoms with Gasteiger partial charge in [-0.15, -0.1) is 0 Å². The zero-order valence-corrected chi connectivity index (χ0v) is 38.8. The van der Waals surface area contributed by atoms with E-state index in [-0.39, 0.29) is 28.5 Å². The molecule has 5 heteroatoms. The van der Waals surface area contributed by atoms with Crippen LogP contribution in [0, 0.1) is 0 Å². The standard InChI is InChI=1S/C58H55BN2O2/c1-55(2,3)32-17-22-36(23-18-32)61-45-31-48-39(37-24-19-35(58(10,11)12)29-47(37)62-48)30-41(45)51-52-53-49(50-38-15-13-14-16-46(38)63-54(50)51)40-27-33(56(4,5)6)20-25-43(40)60(53)44-26-21-34(57(7,8)9)28-42(44)59(52)61/h13-31H,1-12H3. The number of aromatic nitrogens is 1. The minimum absolute atomic E-state index is 0.00644. The highest BCUT2D eigenvalue weighted by molar-refractivity contribution is 6.94. The number of hydrogen-bond donors (Lipinski definition) is 0. The molecule has 10 aromatic rings. The Balaban J connectivity index is 1.32. The molecular formula is C58H55BN2O2. The van der Waals surface area contributed by atoms with Gasteiger partial charge in [-0.05, 0) is 103 Å². The molecule has 0 atom stereocenters. The minimum atomic E-state index is -0.168. The first-order valence-corrected chi connectivity index (χ1v) is 22.8. The van der Waals surface area contributed by atoms with Gasteiger partial charge in [0.15, 0.2) is 0 Å². The van der Waals surface area contributed by atoms with E-state index in [4.69, 9.17) is 8.83 Å². The van der Waals surface area contributed by atoms with Crippen LogP contribution in [0.3, 0.4) is 0 Å². The third kappa shape index (κ3) is 5.35. The Morgan fingerprint density at radius 1 is 0.460 bits per heavy atom. The number of rotatable bonds is 1. The van der Waals surface area contributed by atoms with Gasteiger partial charge >= 0.3 is 6.85 Å². The van der Waals surface area contributed by atoms with Crippen LogP contribution >= 0.6 is 0 Å². The van der Waals surface area contributed by atoms with Gasteiger partial charge in [0.05, 0.1) is 11.0 Å². The fraction of sp³-hybridized carbons (Fsp3) is 0.276. The van der Waals surface area contributed by atoms with Crippen LogP contribution in [0.4, 0.5) is 11.4 Å². The van der Waals surface area contributed by atoms with E-state index in [2.05, 4.69) is 208 Å². The van der Waals surface area contributed by atoms with Crippen LogP contribution in [-0.4, -0.2) is 11.4 Å². The molecule has 63 heavy (non-hydrogen) atoms. The summed E-state index contributed by atoms with van der Waals surface area (Å²) in [6, 6.07) is 44.0. The van der Waals surface area contributed by atoms with E-state index in [1.165, 1.54) is 71.6 Å². The number of furan rings is 2. The summed E-state index contributed by atoms with van der Waals surface area (Å²) < 4.78 is 16.8. The molecule has 2 aliphatic rings. The summed E-state index contributed by atoms with van der Waals surface area (Å²) in [5.41, 5.74) is 19.7. The van der Waals surface area contributed by atoms with Gasteiger partial charge in [-0.2, -0.15) is 0 Å². The lowest BCUT2D eigenvalue weighted by Gasteiger charge is -2.42. The Morgan fingerprint density at radius 3 is 1.79 bits per heavy atom. The van der Waals surface area contributed by atoms with E-state index in [1.54, 1.807) is 0 Å². The molecule has 12 rings (SSSR count). The Hall–Kier alpha value is -6.20. The zero-order chi connectivity index (χ0) is 43.9. The molecular weight excluding hydrogens is 767 g/mol. The van der Waals surface area contributed by atoms with E-state index in [0.29, 0.717) is 0 Å². The largest absolute Gasteiger partial charge is 0.456 e. The van der Waals surface area contributed by atoms with Crippen molar-refractivity contribution in [2.45, 2.75) is 105 Å². The lowest BCUT2D eigenvalue weighted by Crippen LogP contribution is -2.60. The van der Waals surface area contributed by atoms with Crippen molar-refractivity contribution < 1.29 is 8.83 Å². The Kier molecular flexibility index (Phi) is 7.50. The molecule has 0 unspecified atom stereocenters. The lowest BCUT2D eigenvalue weighted by molar-refractivity contribution is 0.587. The van der Waals surface area contributed by atoms with Crippen LogP contribution in [0.15, 0.2) is 124 Å². The van der Waals surface area contributed by atoms with Crippen LogP contribution in [-0.2, 0) is 21.7 Å². The average Bonchev–Trinajstić information content (AvgIpc) is 3.90. The number of nitrogens with zero attached hydrogens (tertiary/aromatic N) is 2. The first-order chi connectivity index (χ1) is 29.8. The highest BCUT2D eigenvalue weighted by Crippen LogP contribution is 2.53. The van der Waals surface area contributed by atoms with Gasteiger partial charge in [0.1, 0.15) is 22.3 Å². The van der Waals surface area contributed by atoms with Crippen molar-refractivity contribution in [3.05, 3.63) is 138 Å². The highest BCUT2D eigenvalue weighted by atomic mass is 16.3. The number of fused-ring (bicyclic) bond motifs is 16. The fourth-order valence-corrected chi connectivity index (χ4v) is 10.9. The number of hydrogen-bond acceptors (Lipinski definition) is 3. The van der Waals surface area contributed by atoms with Crippen molar-refractivity contribution in [3.8, 4) is 16.8 Å². The first kappa shape index (κ1) is 38.5. The highest BCUT2D eigenvalue weighted by Gasteiger charge is 2.47. The second kappa shape index (κ2) is 12.3. The van der Waals surface area contributed by atoms with E-state index >= 15 is 0 Å². The van der Waals surface area contributed by atoms with Gasteiger partial charge in [0.25, 0.3) is 0 Å². The van der Waals surface area contributed by atoms with Gasteiger partial charge in [0.2, 0.25) is 0 Å². The monoisotopic (exact) mass is 822 g/mol. The maximum atomic E-state index is 7.29. The average molecular weight is 823 g/mol. The third-order valence-corrected chi connectivity index (χ3v) is 14.4. The topological polar surface area (TPSA) is 34.5 Å². The summed E-state index contributed by atoms with van der Waals surface area (Å²) in [5.74, 6) is 0. The van der Waals surface area contributed by atoms with Crippen molar-refractivity contribution in [1.82, 2.24) is 4.57 Å². The number of anilines is 2. The van der Waals surface area contributed by atoms with Gasteiger partial charge < -0.3 is 18.2 Å². The van der Waals surface area contributed by atoms with E-state index in [9.17, 15) is 0 Å². The molecule has 0 fully saturated rings. The second-order valence-corrected chi connectivity index (χ2v) is 22.7. The summed E-state index contributed by atoms with van der Waals surface area (Å²) in [7, 11) is 0. The van der Waals surface area contributed by atoms with Crippen molar-refractivity contribution in [3.63, 3.8) is 0 Å². The summed E-state index contributed by atoms with van der Waals surface area (Å²) in [6.45, 7) is 27.5. The van der Waals surface area contributed by atoms with E-state index < -0.39 is 0 Å². The molecule has 0 spiro atoms. The zero-order valence-electron chi connectivity index (χ0n) is 38.8. The van der Waals surface area contributed by atoms with Crippen LogP contribution < -0.4 is 15.7 Å². The molecule has 3 aromatic heterocycles. The second-order valence-electron chi connectivity index (χ2n) is 22.7. The lowest BCUT2D eigenvalue weighted by atomic mass is 9.43. The molecule has 2 aliphatic heterocycles. The molecule has 5 heterocycles. The maximum absolute atomic E-state index is 7.29. The third-order valence-electron chi connectivity index (χ3n) is 14.4. The first-order valence-electron chi connectivity index (χ1n) is 22.8. The molecule has 0 amide bonds. The molecule has 0 bridgehead atoms. The summed E-state index contributed by atoms with van der Waals surface area (Å²) in [4.78, 5) is 2.62. The summed E-state index contributed by atoms with van der Waals surface area (Å²) >= 11 is 0. The van der Waals surface area contributed by atoms with Crippen LogP contribution in [0.25, 0.3) is 82.5 Å². The Bertz CT molecular complexity index is 3600. The molecule has 0 saturated carbocycles.